The highest BCUT2D eigenvalue weighted by Crippen LogP contribution is 2.22. The first-order valence-corrected chi connectivity index (χ1v) is 5.86. The highest BCUT2D eigenvalue weighted by molar-refractivity contribution is 5.81. The number of carbonyl (C=O) groups excluding carboxylic acids is 2. The fourth-order valence-electron chi connectivity index (χ4n) is 1.63. The quantitative estimate of drug-likeness (QED) is 0.412. The van der Waals surface area contributed by atoms with E-state index >= 15 is 0 Å². The van der Waals surface area contributed by atoms with Gasteiger partial charge < -0.3 is 34.7 Å². The van der Waals surface area contributed by atoms with Crippen molar-refractivity contribution >= 4 is 11.8 Å². The Morgan fingerprint density at radius 2 is 1.74 bits per heavy atom. The summed E-state index contributed by atoms with van der Waals surface area (Å²) in [5.74, 6) is -0.967. The molecule has 0 saturated carbocycles. The summed E-state index contributed by atoms with van der Waals surface area (Å²) in [6.45, 7) is 0.716. The number of ether oxygens (including phenoxy) is 2. The van der Waals surface area contributed by atoms with Crippen LogP contribution in [0.4, 0.5) is 0 Å². The van der Waals surface area contributed by atoms with Crippen molar-refractivity contribution in [2.24, 2.45) is 0 Å². The van der Waals surface area contributed by atoms with Crippen LogP contribution in [0.25, 0.3) is 0 Å². The Kier molecular flexibility index (Phi) is 5.83. The molecule has 0 aromatic carbocycles. The van der Waals surface area contributed by atoms with Gasteiger partial charge in [-0.25, -0.2) is 0 Å². The molecule has 0 aromatic rings. The highest BCUT2D eigenvalue weighted by Gasteiger charge is 2.45. The number of Topliss-reactive ketones (excluding diaryl/α,β-unsaturated/α-hetero) is 1. The lowest BCUT2D eigenvalue weighted by molar-refractivity contribution is -0.292. The normalized spacial score (nSPS) is 34.9. The van der Waals surface area contributed by atoms with E-state index in [2.05, 4.69) is 0 Å². The summed E-state index contributed by atoms with van der Waals surface area (Å²) in [5.41, 5.74) is 0. The van der Waals surface area contributed by atoms with Gasteiger partial charge in [0, 0.05) is 6.42 Å². The number of hydrogen-bond acceptors (Lipinski definition) is 8. The zero-order valence-corrected chi connectivity index (χ0v) is 10.4. The van der Waals surface area contributed by atoms with Crippen LogP contribution < -0.4 is 0 Å². The van der Waals surface area contributed by atoms with Crippen LogP contribution in [0.15, 0.2) is 0 Å². The number of carbonyl (C=O) groups is 2. The largest absolute Gasteiger partial charge is 0.433 e. The zero-order valence-electron chi connectivity index (χ0n) is 10.4. The maximum absolute atomic E-state index is 11.4. The minimum atomic E-state index is -1.63. The molecule has 0 aliphatic carbocycles. The summed E-state index contributed by atoms with van der Waals surface area (Å²) < 4.78 is 9.73. The van der Waals surface area contributed by atoms with E-state index in [0.717, 1.165) is 0 Å². The van der Waals surface area contributed by atoms with E-state index in [9.17, 15) is 24.9 Å². The van der Waals surface area contributed by atoms with Crippen molar-refractivity contribution in [2.75, 3.05) is 6.61 Å². The fourth-order valence-corrected chi connectivity index (χ4v) is 1.63. The zero-order chi connectivity index (χ0) is 14.6. The molecule has 1 rings (SSSR count). The Balaban J connectivity index is 2.56. The molecule has 1 saturated heterocycles. The lowest BCUT2D eigenvalue weighted by atomic mass is 9.99. The molecule has 0 unspecified atom stereocenters. The lowest BCUT2D eigenvalue weighted by Crippen LogP contribution is -2.59. The van der Waals surface area contributed by atoms with Gasteiger partial charge in [-0.1, -0.05) is 0 Å². The lowest BCUT2D eigenvalue weighted by Gasteiger charge is -2.39. The first-order chi connectivity index (χ1) is 8.86. The Morgan fingerprint density at radius 3 is 2.26 bits per heavy atom. The van der Waals surface area contributed by atoms with Crippen molar-refractivity contribution in [1.82, 2.24) is 0 Å². The first kappa shape index (κ1) is 16.0. The summed E-state index contributed by atoms with van der Waals surface area (Å²) in [5, 5.41) is 37.5. The van der Waals surface area contributed by atoms with Gasteiger partial charge >= 0.3 is 5.97 Å². The van der Waals surface area contributed by atoms with E-state index in [1.54, 1.807) is 0 Å². The molecule has 0 aromatic heterocycles. The van der Waals surface area contributed by atoms with Gasteiger partial charge in [0.15, 0.2) is 0 Å². The van der Waals surface area contributed by atoms with Gasteiger partial charge in [0.25, 0.3) is 0 Å². The van der Waals surface area contributed by atoms with Gasteiger partial charge in [-0.3, -0.25) is 4.79 Å². The molecule has 19 heavy (non-hydrogen) atoms. The number of aliphatic hydroxyl groups excluding tert-OH is 4. The standard InChI is InChI=1S/C11H18O8/c1-5(13)2-3-7(14)19-11-10(17)9(16)8(15)6(4-12)18-11/h6,8-12,15-17H,2-4H2,1H3/t6-,8-,9+,10-,11-/m1/s1. The molecule has 0 spiro atoms. The van der Waals surface area contributed by atoms with Gasteiger partial charge in [0.2, 0.25) is 6.29 Å². The number of esters is 1. The van der Waals surface area contributed by atoms with Gasteiger partial charge in [0.1, 0.15) is 30.2 Å². The second-order valence-corrected chi connectivity index (χ2v) is 4.39. The molecule has 1 fully saturated rings. The van der Waals surface area contributed by atoms with Crippen LogP contribution in [0.2, 0.25) is 0 Å². The van der Waals surface area contributed by atoms with Crippen molar-refractivity contribution in [1.29, 1.82) is 0 Å². The number of rotatable bonds is 5. The van der Waals surface area contributed by atoms with Crippen LogP contribution in [0.3, 0.4) is 0 Å². The van der Waals surface area contributed by atoms with Gasteiger partial charge in [0.05, 0.1) is 13.0 Å². The van der Waals surface area contributed by atoms with Crippen LogP contribution in [0.5, 0.6) is 0 Å². The predicted molar refractivity (Wildman–Crippen MR) is 59.8 cm³/mol. The molecule has 1 aliphatic heterocycles. The van der Waals surface area contributed by atoms with Crippen molar-refractivity contribution in [3.63, 3.8) is 0 Å². The number of aliphatic hydroxyl groups is 4. The third-order valence-corrected chi connectivity index (χ3v) is 2.78. The van der Waals surface area contributed by atoms with E-state index in [4.69, 9.17) is 14.6 Å². The molecule has 1 heterocycles. The Bertz CT molecular complexity index is 329. The average molecular weight is 278 g/mol. The maximum Gasteiger partial charge on any atom is 0.308 e. The van der Waals surface area contributed by atoms with Crippen molar-refractivity contribution in [3.05, 3.63) is 0 Å². The van der Waals surface area contributed by atoms with E-state index in [1.807, 2.05) is 0 Å². The molecule has 4 N–H and O–H groups in total. The third-order valence-electron chi connectivity index (χ3n) is 2.78. The summed E-state index contributed by atoms with van der Waals surface area (Å²) in [6.07, 6.45) is -7.54. The highest BCUT2D eigenvalue weighted by atomic mass is 16.7. The second kappa shape index (κ2) is 6.92. The number of ketones is 1. The van der Waals surface area contributed by atoms with Crippen molar-refractivity contribution < 1.29 is 39.5 Å². The SMILES string of the molecule is CC(=O)CCC(=O)O[C@H]1O[C@H](CO)[C@@H](O)[C@H](O)[C@H]1O. The van der Waals surface area contributed by atoms with Gasteiger partial charge in [-0.05, 0) is 6.92 Å². The fraction of sp³-hybridized carbons (Fsp3) is 0.818. The van der Waals surface area contributed by atoms with E-state index in [1.165, 1.54) is 6.92 Å². The van der Waals surface area contributed by atoms with Crippen LogP contribution >= 0.6 is 0 Å². The maximum atomic E-state index is 11.4. The van der Waals surface area contributed by atoms with Crippen LogP contribution in [-0.2, 0) is 19.1 Å². The van der Waals surface area contributed by atoms with Crippen LogP contribution in [-0.4, -0.2) is 69.5 Å². The average Bonchev–Trinajstić information content (AvgIpc) is 2.37. The summed E-state index contributed by atoms with van der Waals surface area (Å²) in [7, 11) is 0. The Labute approximate surface area is 109 Å². The first-order valence-electron chi connectivity index (χ1n) is 5.86. The summed E-state index contributed by atoms with van der Waals surface area (Å²) >= 11 is 0. The van der Waals surface area contributed by atoms with Crippen LogP contribution in [0, 0.1) is 0 Å². The molecule has 5 atom stereocenters. The van der Waals surface area contributed by atoms with Crippen molar-refractivity contribution in [2.45, 2.75) is 50.5 Å². The molecule has 110 valence electrons. The summed E-state index contributed by atoms with van der Waals surface area (Å²) in [6, 6.07) is 0. The Morgan fingerprint density at radius 1 is 1.11 bits per heavy atom. The van der Waals surface area contributed by atoms with Gasteiger partial charge in [-0.2, -0.15) is 0 Å². The van der Waals surface area contributed by atoms with E-state index < -0.39 is 43.3 Å². The predicted octanol–water partition coefficient (Wildman–Crippen LogP) is -2.30. The van der Waals surface area contributed by atoms with Gasteiger partial charge in [-0.15, -0.1) is 0 Å². The Hall–Kier alpha value is -1.06. The molecule has 0 radical (unpaired) electrons. The molecule has 8 nitrogen and oxygen atoms in total. The summed E-state index contributed by atoms with van der Waals surface area (Å²) in [4.78, 5) is 22.1. The minimum Gasteiger partial charge on any atom is -0.433 e. The third kappa shape index (κ3) is 4.22. The van der Waals surface area contributed by atoms with E-state index in [0.29, 0.717) is 0 Å². The second-order valence-electron chi connectivity index (χ2n) is 4.39. The molecule has 0 bridgehead atoms. The smallest absolute Gasteiger partial charge is 0.308 e. The topological polar surface area (TPSA) is 134 Å². The molecule has 8 heteroatoms. The molecule has 1 aliphatic rings. The molecule has 0 amide bonds. The van der Waals surface area contributed by atoms with E-state index in [-0.39, 0.29) is 18.6 Å². The monoisotopic (exact) mass is 278 g/mol. The number of hydrogen-bond donors (Lipinski definition) is 4. The molecular formula is C11H18O8. The van der Waals surface area contributed by atoms with Crippen molar-refractivity contribution in [3.8, 4) is 0 Å². The minimum absolute atomic E-state index is 0.00371. The van der Waals surface area contributed by atoms with Crippen LogP contribution in [0.1, 0.15) is 19.8 Å². The molecular weight excluding hydrogens is 260 g/mol.